The van der Waals surface area contributed by atoms with E-state index >= 15 is 0 Å². The number of rotatable bonds is 2. The van der Waals surface area contributed by atoms with Gasteiger partial charge in [0.25, 0.3) is 5.56 Å². The Morgan fingerprint density at radius 3 is 2.40 bits per heavy atom. The molecule has 8 heteroatoms. The van der Waals surface area contributed by atoms with Gasteiger partial charge in [-0.05, 0) is 35.8 Å². The summed E-state index contributed by atoms with van der Waals surface area (Å²) in [5.74, 6) is -1.57. The molecule has 0 fully saturated rings. The van der Waals surface area contributed by atoms with Gasteiger partial charge in [-0.2, -0.15) is 5.26 Å². The molecule has 0 saturated heterocycles. The zero-order chi connectivity index (χ0) is 14.0. The van der Waals surface area contributed by atoms with Crippen LogP contribution in [0.2, 0.25) is 0 Å². The second-order valence-electron chi connectivity index (χ2n) is 3.76. The standard InChI is InChI=1S/C12H8BrN3O2S.Na/c13-7-3-1-6(2-4-7)8(5-14)9-10(17)15-12(19)16-11(9)18;/h1-4,8H,(H3,15,16,17,18,19);/q;+1/p-1. The number of nitriles is 1. The van der Waals surface area contributed by atoms with Crippen molar-refractivity contribution in [2.24, 2.45) is 0 Å². The van der Waals surface area contributed by atoms with E-state index in [0.717, 1.165) is 4.47 Å². The van der Waals surface area contributed by atoms with Crippen molar-refractivity contribution in [3.8, 4) is 11.9 Å². The molecule has 1 atom stereocenters. The van der Waals surface area contributed by atoms with Crippen LogP contribution in [0, 0.1) is 16.1 Å². The summed E-state index contributed by atoms with van der Waals surface area (Å²) in [5, 5.41) is 21.0. The van der Waals surface area contributed by atoms with Gasteiger partial charge in [0.1, 0.15) is 5.92 Å². The molecular weight excluding hydrogens is 353 g/mol. The van der Waals surface area contributed by atoms with E-state index in [1.807, 2.05) is 6.07 Å². The smallest absolute Gasteiger partial charge is 0.860 e. The van der Waals surface area contributed by atoms with Crippen molar-refractivity contribution in [3.63, 3.8) is 0 Å². The first kappa shape index (κ1) is 17.1. The first-order valence-electron chi connectivity index (χ1n) is 5.21. The van der Waals surface area contributed by atoms with E-state index in [1.54, 1.807) is 24.3 Å². The minimum atomic E-state index is -0.934. The topological polar surface area (TPSA) is 95.5 Å². The van der Waals surface area contributed by atoms with Gasteiger partial charge in [0, 0.05) is 10.0 Å². The van der Waals surface area contributed by atoms with Crippen LogP contribution in [0.3, 0.4) is 0 Å². The van der Waals surface area contributed by atoms with Crippen molar-refractivity contribution < 1.29 is 34.7 Å². The van der Waals surface area contributed by atoms with Gasteiger partial charge in [-0.3, -0.25) is 9.78 Å². The monoisotopic (exact) mass is 359 g/mol. The van der Waals surface area contributed by atoms with Crippen molar-refractivity contribution >= 4 is 28.1 Å². The summed E-state index contributed by atoms with van der Waals surface area (Å²) in [6.07, 6.45) is 0. The van der Waals surface area contributed by atoms with E-state index in [-0.39, 0.29) is 39.9 Å². The number of aromatic nitrogens is 2. The Labute approximate surface area is 150 Å². The number of benzene rings is 1. The number of nitrogens with one attached hydrogen (secondary N) is 2. The number of hydrogen-bond donors (Lipinski definition) is 2. The summed E-state index contributed by atoms with van der Waals surface area (Å²) >= 11 is 7.98. The largest absolute Gasteiger partial charge is 1.00 e. The molecule has 0 aliphatic rings. The molecule has 0 bridgehead atoms. The quantitative estimate of drug-likeness (QED) is 0.527. The van der Waals surface area contributed by atoms with Gasteiger partial charge in [-0.15, -0.1) is 0 Å². The molecular formula is C12H7BrN3NaO2S. The molecule has 2 N–H and O–H groups in total. The average molecular weight is 360 g/mol. The minimum absolute atomic E-state index is 0. The second kappa shape index (κ2) is 7.20. The van der Waals surface area contributed by atoms with Crippen LogP contribution in [0.15, 0.2) is 33.5 Å². The Hall–Kier alpha value is -0.910. The fourth-order valence-electron chi connectivity index (χ4n) is 1.70. The van der Waals surface area contributed by atoms with E-state index in [1.165, 1.54) is 0 Å². The van der Waals surface area contributed by atoms with Crippen LogP contribution in [-0.4, -0.2) is 9.97 Å². The van der Waals surface area contributed by atoms with E-state index < -0.39 is 17.4 Å². The van der Waals surface area contributed by atoms with Crippen LogP contribution < -0.4 is 40.2 Å². The molecule has 2 rings (SSSR count). The van der Waals surface area contributed by atoms with Crippen LogP contribution in [0.4, 0.5) is 0 Å². The molecule has 0 aliphatic heterocycles. The Balaban J connectivity index is 0.00000200. The number of hydrogen-bond acceptors (Lipinski definition) is 4. The van der Waals surface area contributed by atoms with Crippen molar-refractivity contribution in [2.45, 2.75) is 5.92 Å². The Bertz CT molecular complexity index is 764. The first-order valence-corrected chi connectivity index (χ1v) is 6.41. The first-order chi connectivity index (χ1) is 9.02. The zero-order valence-corrected chi connectivity index (χ0v) is 14.8. The van der Waals surface area contributed by atoms with Crippen molar-refractivity contribution in [1.29, 1.82) is 5.26 Å². The van der Waals surface area contributed by atoms with Gasteiger partial charge in [-0.25, -0.2) is 0 Å². The van der Waals surface area contributed by atoms with Gasteiger partial charge in [0.2, 0.25) is 0 Å². The SMILES string of the molecule is N#CC(c1ccc(Br)cc1)c1c([O-])[nH]c(=S)[nH]c1=O.[Na+]. The molecule has 0 saturated carbocycles. The van der Waals surface area contributed by atoms with Gasteiger partial charge < -0.3 is 10.1 Å². The van der Waals surface area contributed by atoms with Crippen LogP contribution in [-0.2, 0) is 0 Å². The third-order valence-corrected chi connectivity index (χ3v) is 3.30. The second-order valence-corrected chi connectivity index (χ2v) is 5.09. The molecule has 20 heavy (non-hydrogen) atoms. The van der Waals surface area contributed by atoms with Crippen molar-refractivity contribution in [1.82, 2.24) is 9.97 Å². The summed E-state index contributed by atoms with van der Waals surface area (Å²) in [6, 6.07) is 8.80. The summed E-state index contributed by atoms with van der Waals surface area (Å²) in [7, 11) is 0. The third kappa shape index (κ3) is 3.59. The number of halogens is 1. The number of aromatic amines is 2. The summed E-state index contributed by atoms with van der Waals surface area (Å²) in [5.41, 5.74) is -0.222. The molecule has 0 radical (unpaired) electrons. The van der Waals surface area contributed by atoms with Gasteiger partial charge in [0.15, 0.2) is 4.77 Å². The predicted molar refractivity (Wildman–Crippen MR) is 73.3 cm³/mol. The Kier molecular flexibility index (Phi) is 6.17. The summed E-state index contributed by atoms with van der Waals surface area (Å²) in [4.78, 5) is 16.4. The Morgan fingerprint density at radius 1 is 1.30 bits per heavy atom. The molecule has 1 unspecified atom stereocenters. The van der Waals surface area contributed by atoms with Gasteiger partial charge in [0.05, 0.1) is 6.07 Å². The maximum absolute atomic E-state index is 11.8. The van der Waals surface area contributed by atoms with Crippen molar-refractivity contribution in [2.75, 3.05) is 0 Å². The van der Waals surface area contributed by atoms with E-state index in [0.29, 0.717) is 5.56 Å². The molecule has 96 valence electrons. The predicted octanol–water partition coefficient (Wildman–Crippen LogP) is -1.07. The summed E-state index contributed by atoms with van der Waals surface area (Å²) < 4.78 is 0.794. The van der Waals surface area contributed by atoms with E-state index in [2.05, 4.69) is 25.9 Å². The van der Waals surface area contributed by atoms with Gasteiger partial charge in [-0.1, -0.05) is 28.1 Å². The van der Waals surface area contributed by atoms with Crippen LogP contribution in [0.5, 0.6) is 5.88 Å². The normalized spacial score (nSPS) is 11.2. The molecule has 0 aliphatic carbocycles. The minimum Gasteiger partial charge on any atom is -0.860 e. The molecule has 1 aromatic heterocycles. The number of nitrogens with zero attached hydrogens (tertiary/aromatic N) is 1. The van der Waals surface area contributed by atoms with Crippen LogP contribution >= 0.6 is 28.1 Å². The average Bonchev–Trinajstić information content (AvgIpc) is 2.35. The maximum atomic E-state index is 11.8. The Morgan fingerprint density at radius 2 is 1.90 bits per heavy atom. The molecule has 1 heterocycles. The van der Waals surface area contributed by atoms with E-state index in [9.17, 15) is 15.2 Å². The van der Waals surface area contributed by atoms with E-state index in [4.69, 9.17) is 12.2 Å². The third-order valence-electron chi connectivity index (χ3n) is 2.56. The molecule has 5 nitrogen and oxygen atoms in total. The van der Waals surface area contributed by atoms with Gasteiger partial charge >= 0.3 is 29.6 Å². The summed E-state index contributed by atoms with van der Waals surface area (Å²) in [6.45, 7) is 0. The van der Waals surface area contributed by atoms with Crippen LogP contribution in [0.1, 0.15) is 17.0 Å². The van der Waals surface area contributed by atoms with Crippen LogP contribution in [0.25, 0.3) is 0 Å². The van der Waals surface area contributed by atoms with Crippen molar-refractivity contribution in [3.05, 3.63) is 55.0 Å². The fourth-order valence-corrected chi connectivity index (χ4v) is 2.15. The molecule has 1 aromatic carbocycles. The maximum Gasteiger partial charge on any atom is 1.00 e. The molecule has 0 spiro atoms. The zero-order valence-electron chi connectivity index (χ0n) is 10.4. The molecule has 0 amide bonds. The molecule has 2 aromatic rings. The number of H-pyrrole nitrogens is 2. The fraction of sp³-hybridized carbons (Fsp3) is 0.0833.